The molecule has 2 aliphatic heterocycles. The molecule has 2 heterocycles. The first-order chi connectivity index (χ1) is 12.5. The lowest BCUT2D eigenvalue weighted by Crippen LogP contribution is -2.55. The third kappa shape index (κ3) is 3.03. The van der Waals surface area contributed by atoms with Crippen molar-refractivity contribution in [1.29, 1.82) is 0 Å². The lowest BCUT2D eigenvalue weighted by molar-refractivity contribution is -0.134. The molecule has 0 radical (unpaired) electrons. The number of hydrazine groups is 1. The van der Waals surface area contributed by atoms with Crippen molar-refractivity contribution >= 4 is 11.7 Å². The number of ether oxygens (including phenoxy) is 2. The van der Waals surface area contributed by atoms with Gasteiger partial charge in [0.25, 0.3) is 0 Å². The van der Waals surface area contributed by atoms with Crippen LogP contribution >= 0.6 is 0 Å². The Bertz CT molecular complexity index is 864. The monoisotopic (exact) mass is 353 g/mol. The summed E-state index contributed by atoms with van der Waals surface area (Å²) in [6.45, 7) is 3.86. The van der Waals surface area contributed by atoms with Crippen LogP contribution in [-0.2, 0) is 16.1 Å². The Balaban J connectivity index is 1.54. The first kappa shape index (κ1) is 16.3. The Morgan fingerprint density at radius 1 is 1.15 bits per heavy atom. The zero-order valence-corrected chi connectivity index (χ0v) is 14.6. The molecule has 0 bridgehead atoms. The molecule has 2 aromatic rings. The van der Waals surface area contributed by atoms with Crippen LogP contribution in [0.1, 0.15) is 25.0 Å². The van der Waals surface area contributed by atoms with E-state index in [9.17, 15) is 4.79 Å². The molecule has 7 nitrogen and oxygen atoms in total. The standard InChI is InChI=1S/C19H19N3O4/c1-19(2)22(20-17(23)10-13-6-4-3-5-7-13)18(21-26-19)14-8-9-15-16(11-14)25-12-24-15/h3-9,11H,10,12H2,1-2H3,(H,20,23). The predicted molar refractivity (Wildman–Crippen MR) is 94.4 cm³/mol. The van der Waals surface area contributed by atoms with E-state index in [1.807, 2.05) is 62.4 Å². The number of nitrogens with zero attached hydrogens (tertiary/aromatic N) is 2. The second kappa shape index (κ2) is 6.25. The highest BCUT2D eigenvalue weighted by Crippen LogP contribution is 2.34. The third-order valence-corrected chi connectivity index (χ3v) is 4.18. The molecule has 0 unspecified atom stereocenters. The van der Waals surface area contributed by atoms with Crippen LogP contribution in [-0.4, -0.2) is 29.3 Å². The van der Waals surface area contributed by atoms with Crippen molar-refractivity contribution in [2.45, 2.75) is 26.0 Å². The highest BCUT2D eigenvalue weighted by atomic mass is 16.7. The van der Waals surface area contributed by atoms with E-state index in [4.69, 9.17) is 14.3 Å². The van der Waals surface area contributed by atoms with Gasteiger partial charge in [-0.3, -0.25) is 10.2 Å². The van der Waals surface area contributed by atoms with Crippen LogP contribution in [0.25, 0.3) is 0 Å². The van der Waals surface area contributed by atoms with Crippen LogP contribution in [0.5, 0.6) is 11.5 Å². The fraction of sp³-hybridized carbons (Fsp3) is 0.263. The molecule has 0 aliphatic carbocycles. The minimum absolute atomic E-state index is 0.150. The van der Waals surface area contributed by atoms with Crippen LogP contribution in [0.15, 0.2) is 53.7 Å². The molecule has 4 rings (SSSR count). The molecule has 0 atom stereocenters. The minimum Gasteiger partial charge on any atom is -0.454 e. The van der Waals surface area contributed by atoms with E-state index < -0.39 is 5.72 Å². The third-order valence-electron chi connectivity index (χ3n) is 4.18. The first-order valence-electron chi connectivity index (χ1n) is 8.33. The number of oxime groups is 1. The number of hydrogen-bond donors (Lipinski definition) is 1. The maximum atomic E-state index is 12.5. The molecule has 0 aromatic heterocycles. The van der Waals surface area contributed by atoms with Gasteiger partial charge in [-0.05, 0) is 37.6 Å². The van der Waals surface area contributed by atoms with Crippen molar-refractivity contribution < 1.29 is 19.1 Å². The van der Waals surface area contributed by atoms with Gasteiger partial charge in [0.15, 0.2) is 17.3 Å². The van der Waals surface area contributed by atoms with Gasteiger partial charge in [0.05, 0.1) is 6.42 Å². The first-order valence-corrected chi connectivity index (χ1v) is 8.33. The number of fused-ring (bicyclic) bond motifs is 1. The highest BCUT2D eigenvalue weighted by molar-refractivity contribution is 6.01. The van der Waals surface area contributed by atoms with Crippen molar-refractivity contribution in [3.8, 4) is 11.5 Å². The zero-order valence-electron chi connectivity index (χ0n) is 14.6. The van der Waals surface area contributed by atoms with E-state index in [0.29, 0.717) is 17.3 Å². The second-order valence-corrected chi connectivity index (χ2v) is 6.55. The maximum Gasteiger partial charge on any atom is 0.243 e. The normalized spacial score (nSPS) is 16.8. The van der Waals surface area contributed by atoms with Crippen molar-refractivity contribution in [2.75, 3.05) is 6.79 Å². The minimum atomic E-state index is -0.807. The van der Waals surface area contributed by atoms with Crippen molar-refractivity contribution in [3.05, 3.63) is 59.7 Å². The molecule has 134 valence electrons. The Kier molecular flexibility index (Phi) is 3.91. The molecule has 7 heteroatoms. The van der Waals surface area contributed by atoms with Crippen molar-refractivity contribution in [2.24, 2.45) is 5.16 Å². The highest BCUT2D eigenvalue weighted by Gasteiger charge is 2.40. The largest absolute Gasteiger partial charge is 0.454 e. The van der Waals surface area contributed by atoms with E-state index in [2.05, 4.69) is 10.6 Å². The number of carbonyl (C=O) groups excluding carboxylic acids is 1. The summed E-state index contributed by atoms with van der Waals surface area (Å²) in [7, 11) is 0. The smallest absolute Gasteiger partial charge is 0.243 e. The maximum absolute atomic E-state index is 12.5. The van der Waals surface area contributed by atoms with Gasteiger partial charge in [-0.1, -0.05) is 35.5 Å². The summed E-state index contributed by atoms with van der Waals surface area (Å²) >= 11 is 0. The molecule has 0 saturated heterocycles. The molecule has 1 N–H and O–H groups in total. The molecule has 0 spiro atoms. The van der Waals surface area contributed by atoms with E-state index >= 15 is 0 Å². The number of carbonyl (C=O) groups is 1. The number of rotatable bonds is 4. The van der Waals surface area contributed by atoms with Crippen LogP contribution in [0, 0.1) is 0 Å². The number of benzene rings is 2. The summed E-state index contributed by atoms with van der Waals surface area (Å²) in [6, 6.07) is 15.1. The zero-order chi connectivity index (χ0) is 18.1. The number of amidine groups is 1. The van der Waals surface area contributed by atoms with E-state index in [1.165, 1.54) is 0 Å². The Labute approximate surface area is 151 Å². The van der Waals surface area contributed by atoms with Crippen LogP contribution in [0.2, 0.25) is 0 Å². The van der Waals surface area contributed by atoms with Gasteiger partial charge in [-0.15, -0.1) is 0 Å². The summed E-state index contributed by atoms with van der Waals surface area (Å²) in [4.78, 5) is 18.0. The fourth-order valence-corrected chi connectivity index (χ4v) is 2.84. The molecule has 0 fully saturated rings. The SMILES string of the molecule is CC1(C)ON=C(c2ccc3c(c2)OCO3)N1NC(=O)Cc1ccccc1. The van der Waals surface area contributed by atoms with Gasteiger partial charge < -0.3 is 14.3 Å². The molecule has 26 heavy (non-hydrogen) atoms. The van der Waals surface area contributed by atoms with Gasteiger partial charge in [-0.2, -0.15) is 0 Å². The molecular weight excluding hydrogens is 334 g/mol. The van der Waals surface area contributed by atoms with E-state index in [-0.39, 0.29) is 19.1 Å². The molecule has 0 saturated carbocycles. The van der Waals surface area contributed by atoms with Gasteiger partial charge in [0.1, 0.15) is 0 Å². The average molecular weight is 353 g/mol. The Morgan fingerprint density at radius 3 is 2.73 bits per heavy atom. The van der Waals surface area contributed by atoms with E-state index in [0.717, 1.165) is 11.1 Å². The lowest BCUT2D eigenvalue weighted by Gasteiger charge is -2.31. The van der Waals surface area contributed by atoms with Crippen LogP contribution in [0.3, 0.4) is 0 Å². The Morgan fingerprint density at radius 2 is 1.92 bits per heavy atom. The molecule has 2 aromatic carbocycles. The summed E-state index contributed by atoms with van der Waals surface area (Å²) in [5.74, 6) is 1.69. The lowest BCUT2D eigenvalue weighted by atomic mass is 10.1. The summed E-state index contributed by atoms with van der Waals surface area (Å²) in [6.07, 6.45) is 0.266. The van der Waals surface area contributed by atoms with Crippen LogP contribution in [0.4, 0.5) is 0 Å². The van der Waals surface area contributed by atoms with Gasteiger partial charge >= 0.3 is 0 Å². The van der Waals surface area contributed by atoms with Crippen molar-refractivity contribution in [1.82, 2.24) is 10.4 Å². The average Bonchev–Trinajstić information content (AvgIpc) is 3.20. The summed E-state index contributed by atoms with van der Waals surface area (Å²) in [5, 5.41) is 5.79. The topological polar surface area (TPSA) is 72.4 Å². The number of nitrogens with one attached hydrogen (secondary N) is 1. The molecule has 1 amide bonds. The second-order valence-electron chi connectivity index (χ2n) is 6.55. The summed E-state index contributed by atoms with van der Waals surface area (Å²) < 4.78 is 10.8. The summed E-state index contributed by atoms with van der Waals surface area (Å²) in [5.41, 5.74) is 3.79. The van der Waals surface area contributed by atoms with Gasteiger partial charge in [0, 0.05) is 5.56 Å². The van der Waals surface area contributed by atoms with Crippen molar-refractivity contribution in [3.63, 3.8) is 0 Å². The fourth-order valence-electron chi connectivity index (χ4n) is 2.84. The molecular formula is C19H19N3O4. The predicted octanol–water partition coefficient (Wildman–Crippen LogP) is 2.42. The number of hydrogen-bond acceptors (Lipinski definition) is 6. The quantitative estimate of drug-likeness (QED) is 0.914. The van der Waals surface area contributed by atoms with Gasteiger partial charge in [-0.25, -0.2) is 5.01 Å². The number of amides is 1. The molecule has 2 aliphatic rings. The van der Waals surface area contributed by atoms with Gasteiger partial charge in [0.2, 0.25) is 18.4 Å². The van der Waals surface area contributed by atoms with E-state index in [1.54, 1.807) is 5.01 Å². The van der Waals surface area contributed by atoms with Crippen LogP contribution < -0.4 is 14.9 Å². The Hall–Kier alpha value is -3.22.